The highest BCUT2D eigenvalue weighted by atomic mass is 32.2. The van der Waals surface area contributed by atoms with E-state index in [1.165, 1.54) is 12.1 Å². The zero-order chi connectivity index (χ0) is 19.5. The van der Waals surface area contributed by atoms with Gasteiger partial charge in [0.2, 0.25) is 5.91 Å². The number of anilines is 1. The number of aryl methyl sites for hydroxylation is 1. The molecule has 4 nitrogen and oxygen atoms in total. The van der Waals surface area contributed by atoms with E-state index in [0.29, 0.717) is 13.1 Å². The van der Waals surface area contributed by atoms with E-state index in [0.717, 1.165) is 41.0 Å². The lowest BCUT2D eigenvalue weighted by molar-refractivity contribution is -0.141. The Morgan fingerprint density at radius 1 is 1.21 bits per heavy atom. The Balaban J connectivity index is 1.59. The van der Waals surface area contributed by atoms with Gasteiger partial charge < -0.3 is 9.80 Å². The zero-order valence-corrected chi connectivity index (χ0v) is 16.5. The third-order valence-corrected chi connectivity index (χ3v) is 7.21. The lowest BCUT2D eigenvalue weighted by Crippen LogP contribution is -2.50. The lowest BCUT2D eigenvalue weighted by atomic mass is 10.0. The summed E-state index contributed by atoms with van der Waals surface area (Å²) in [5.41, 5.74) is 3.70. The van der Waals surface area contributed by atoms with E-state index in [9.17, 15) is 14.0 Å². The standard InChI is InChI=1S/C22H21FN2O2S/c1-14-2-9-19-18(12-14)22(25(10-11-28-22)20(26)16-5-6-16)21(27)24(19)13-15-3-7-17(23)8-4-15/h2-4,7-9,12,16H,5-6,10-11,13H2,1H3/t22-/m0/s1. The van der Waals surface area contributed by atoms with E-state index in [1.54, 1.807) is 28.8 Å². The van der Waals surface area contributed by atoms with Crippen molar-refractivity contribution in [2.75, 3.05) is 17.2 Å². The van der Waals surface area contributed by atoms with Gasteiger partial charge in [0.15, 0.2) is 4.87 Å². The summed E-state index contributed by atoms with van der Waals surface area (Å²) in [4.78, 5) is 29.4. The van der Waals surface area contributed by atoms with Gasteiger partial charge in [0, 0.05) is 23.8 Å². The Morgan fingerprint density at radius 2 is 1.96 bits per heavy atom. The molecule has 0 bridgehead atoms. The minimum absolute atomic E-state index is 0.0612. The fourth-order valence-electron chi connectivity index (χ4n) is 4.23. The van der Waals surface area contributed by atoms with Crippen LogP contribution >= 0.6 is 11.8 Å². The van der Waals surface area contributed by atoms with Gasteiger partial charge in [-0.2, -0.15) is 0 Å². The molecular formula is C22H21FN2O2S. The molecule has 28 heavy (non-hydrogen) atoms. The summed E-state index contributed by atoms with van der Waals surface area (Å²) in [5.74, 6) is 0.574. The van der Waals surface area contributed by atoms with Crippen LogP contribution in [0.3, 0.4) is 0 Å². The van der Waals surface area contributed by atoms with Crippen LogP contribution in [0.1, 0.15) is 29.5 Å². The average molecular weight is 396 g/mol. The number of thioether (sulfide) groups is 1. The smallest absolute Gasteiger partial charge is 0.268 e. The predicted octanol–water partition coefficient (Wildman–Crippen LogP) is 3.82. The summed E-state index contributed by atoms with van der Waals surface area (Å²) in [6, 6.07) is 12.2. The first-order chi connectivity index (χ1) is 13.5. The quantitative estimate of drug-likeness (QED) is 0.792. The Bertz CT molecular complexity index is 973. The molecule has 2 amide bonds. The fraction of sp³-hybridized carbons (Fsp3) is 0.364. The first kappa shape index (κ1) is 17.7. The molecule has 1 aliphatic carbocycles. The van der Waals surface area contributed by atoms with Gasteiger partial charge in [0.1, 0.15) is 5.82 Å². The zero-order valence-electron chi connectivity index (χ0n) is 15.7. The number of nitrogens with zero attached hydrogens (tertiary/aromatic N) is 2. The van der Waals surface area contributed by atoms with Gasteiger partial charge >= 0.3 is 0 Å². The second kappa shape index (κ2) is 6.34. The van der Waals surface area contributed by atoms with Gasteiger partial charge in [-0.05, 0) is 43.5 Å². The predicted molar refractivity (Wildman–Crippen MR) is 107 cm³/mol. The Hall–Kier alpha value is -2.34. The number of amides is 2. The largest absolute Gasteiger partial charge is 0.315 e. The highest BCUT2D eigenvalue weighted by Gasteiger charge is 2.60. The Labute approximate surface area is 167 Å². The molecule has 1 saturated carbocycles. The van der Waals surface area contributed by atoms with Crippen molar-refractivity contribution in [2.24, 2.45) is 5.92 Å². The number of hydrogen-bond donors (Lipinski definition) is 0. The average Bonchev–Trinajstić information content (AvgIpc) is 3.41. The molecule has 0 radical (unpaired) electrons. The summed E-state index contributed by atoms with van der Waals surface area (Å²) < 4.78 is 13.3. The van der Waals surface area contributed by atoms with Crippen LogP contribution in [0.25, 0.3) is 0 Å². The SMILES string of the molecule is Cc1ccc2c(c1)[C@]1(SCCN1C(=O)C1CC1)C(=O)N2Cc1ccc(F)cc1. The van der Waals surface area contributed by atoms with E-state index < -0.39 is 4.87 Å². The molecule has 2 aliphatic heterocycles. The van der Waals surface area contributed by atoms with Crippen LogP contribution in [-0.4, -0.2) is 29.0 Å². The van der Waals surface area contributed by atoms with E-state index in [1.807, 2.05) is 30.0 Å². The summed E-state index contributed by atoms with van der Waals surface area (Å²) in [6.07, 6.45) is 1.84. The number of hydrogen-bond acceptors (Lipinski definition) is 3. The van der Waals surface area contributed by atoms with E-state index in [4.69, 9.17) is 0 Å². The Kier molecular flexibility index (Phi) is 4.02. The number of fused-ring (bicyclic) bond motifs is 2. The van der Waals surface area contributed by atoms with Crippen molar-refractivity contribution in [1.29, 1.82) is 0 Å². The number of carbonyl (C=O) groups is 2. The number of benzene rings is 2. The molecule has 0 N–H and O–H groups in total. The van der Waals surface area contributed by atoms with Gasteiger partial charge in [-0.1, -0.05) is 29.8 Å². The van der Waals surface area contributed by atoms with Crippen molar-refractivity contribution >= 4 is 29.3 Å². The monoisotopic (exact) mass is 396 g/mol. The maximum Gasteiger partial charge on any atom is 0.268 e. The first-order valence-electron chi connectivity index (χ1n) is 9.64. The summed E-state index contributed by atoms with van der Waals surface area (Å²) in [5, 5.41) is 0. The van der Waals surface area contributed by atoms with Crippen LogP contribution in [0.5, 0.6) is 0 Å². The maximum atomic E-state index is 13.8. The molecule has 0 unspecified atom stereocenters. The van der Waals surface area contributed by atoms with Gasteiger partial charge in [-0.15, -0.1) is 11.8 Å². The molecule has 144 valence electrons. The molecule has 0 aromatic heterocycles. The normalized spacial score (nSPS) is 23.6. The van der Waals surface area contributed by atoms with Crippen LogP contribution in [0.2, 0.25) is 0 Å². The van der Waals surface area contributed by atoms with Crippen LogP contribution in [0, 0.1) is 18.7 Å². The van der Waals surface area contributed by atoms with E-state index >= 15 is 0 Å². The molecule has 1 saturated heterocycles. The summed E-state index contributed by atoms with van der Waals surface area (Å²) >= 11 is 1.56. The molecule has 2 aromatic carbocycles. The third kappa shape index (κ3) is 2.58. The fourth-order valence-corrected chi connectivity index (χ4v) is 5.69. The Morgan fingerprint density at radius 3 is 2.68 bits per heavy atom. The molecular weight excluding hydrogens is 375 g/mol. The minimum atomic E-state index is -0.957. The van der Waals surface area contributed by atoms with Crippen molar-refractivity contribution in [3.8, 4) is 0 Å². The second-order valence-electron chi connectivity index (χ2n) is 7.79. The minimum Gasteiger partial charge on any atom is -0.315 e. The van der Waals surface area contributed by atoms with Crippen LogP contribution in [0.4, 0.5) is 10.1 Å². The lowest BCUT2D eigenvalue weighted by Gasteiger charge is -2.33. The number of carbonyl (C=O) groups excluding carboxylic acids is 2. The summed E-state index contributed by atoms with van der Waals surface area (Å²) in [7, 11) is 0. The second-order valence-corrected chi connectivity index (χ2v) is 9.08. The number of rotatable bonds is 3. The number of halogens is 1. The highest BCUT2D eigenvalue weighted by Crippen LogP contribution is 2.55. The van der Waals surface area contributed by atoms with Gasteiger partial charge in [0.25, 0.3) is 5.91 Å². The molecule has 1 atom stereocenters. The van der Waals surface area contributed by atoms with Crippen molar-refractivity contribution < 1.29 is 14.0 Å². The summed E-state index contributed by atoms with van der Waals surface area (Å²) in [6.45, 7) is 2.97. The van der Waals surface area contributed by atoms with Gasteiger partial charge in [-0.25, -0.2) is 4.39 Å². The molecule has 5 rings (SSSR count). The van der Waals surface area contributed by atoms with Gasteiger partial charge in [0.05, 0.1) is 12.2 Å². The molecule has 6 heteroatoms. The van der Waals surface area contributed by atoms with Crippen LogP contribution in [0.15, 0.2) is 42.5 Å². The molecule has 2 fully saturated rings. The van der Waals surface area contributed by atoms with E-state index in [2.05, 4.69) is 0 Å². The van der Waals surface area contributed by atoms with Crippen molar-refractivity contribution in [3.05, 3.63) is 65.0 Å². The highest BCUT2D eigenvalue weighted by molar-refractivity contribution is 8.01. The molecule has 2 aromatic rings. The van der Waals surface area contributed by atoms with Crippen molar-refractivity contribution in [3.63, 3.8) is 0 Å². The van der Waals surface area contributed by atoms with Crippen molar-refractivity contribution in [1.82, 2.24) is 4.90 Å². The topological polar surface area (TPSA) is 40.6 Å². The van der Waals surface area contributed by atoms with Crippen molar-refractivity contribution in [2.45, 2.75) is 31.2 Å². The molecule has 2 heterocycles. The van der Waals surface area contributed by atoms with Crippen LogP contribution < -0.4 is 4.90 Å². The molecule has 3 aliphatic rings. The third-order valence-electron chi connectivity index (χ3n) is 5.80. The first-order valence-corrected chi connectivity index (χ1v) is 10.6. The van der Waals surface area contributed by atoms with Crippen LogP contribution in [-0.2, 0) is 21.0 Å². The molecule has 1 spiro atoms. The van der Waals surface area contributed by atoms with E-state index in [-0.39, 0.29) is 23.5 Å². The van der Waals surface area contributed by atoms with Gasteiger partial charge in [-0.3, -0.25) is 9.59 Å². The maximum absolute atomic E-state index is 13.8.